The molecule has 0 saturated carbocycles. The van der Waals surface area contributed by atoms with Gasteiger partial charge >= 0.3 is 0 Å². The van der Waals surface area contributed by atoms with Crippen molar-refractivity contribution in [2.75, 3.05) is 26.0 Å². The van der Waals surface area contributed by atoms with Crippen molar-refractivity contribution in [1.82, 2.24) is 4.90 Å². The number of carbonyl (C=O) groups is 3. The van der Waals surface area contributed by atoms with E-state index in [0.717, 1.165) is 5.56 Å². The van der Waals surface area contributed by atoms with Gasteiger partial charge in [0.25, 0.3) is 5.91 Å². The number of amides is 3. The maximum absolute atomic E-state index is 12.0. The smallest absolute Gasteiger partial charge is 0.262 e. The Hall–Kier alpha value is -3.35. The second-order valence-corrected chi connectivity index (χ2v) is 5.89. The Morgan fingerprint density at radius 1 is 1.08 bits per heavy atom. The van der Waals surface area contributed by atoms with Crippen molar-refractivity contribution in [3.63, 3.8) is 0 Å². The number of primary amides is 1. The first-order valence-electron chi connectivity index (χ1n) is 7.97. The molecule has 7 nitrogen and oxygen atoms in total. The van der Waals surface area contributed by atoms with E-state index in [9.17, 15) is 14.4 Å². The van der Waals surface area contributed by atoms with Gasteiger partial charge in [-0.2, -0.15) is 0 Å². The van der Waals surface area contributed by atoms with Crippen LogP contribution in [0, 0.1) is 0 Å². The summed E-state index contributed by atoms with van der Waals surface area (Å²) in [5, 5.41) is 2.70. The number of benzene rings is 2. The summed E-state index contributed by atoms with van der Waals surface area (Å²) >= 11 is 0. The maximum atomic E-state index is 12.0. The molecule has 136 valence electrons. The minimum atomic E-state index is -0.562. The van der Waals surface area contributed by atoms with E-state index in [1.54, 1.807) is 56.6 Å². The van der Waals surface area contributed by atoms with Crippen molar-refractivity contribution >= 4 is 23.4 Å². The van der Waals surface area contributed by atoms with E-state index >= 15 is 0 Å². The summed E-state index contributed by atoms with van der Waals surface area (Å²) in [6, 6.07) is 13.3. The largest absolute Gasteiger partial charge is 0.484 e. The molecule has 0 heterocycles. The van der Waals surface area contributed by atoms with Crippen molar-refractivity contribution in [2.45, 2.75) is 6.42 Å². The van der Waals surface area contributed by atoms with Gasteiger partial charge in [-0.25, -0.2) is 0 Å². The summed E-state index contributed by atoms with van der Waals surface area (Å²) in [6.45, 7) is -0.205. The van der Waals surface area contributed by atoms with Gasteiger partial charge in [0, 0.05) is 25.3 Å². The van der Waals surface area contributed by atoms with Crippen LogP contribution < -0.4 is 15.8 Å². The predicted octanol–water partition coefficient (Wildman–Crippen LogP) is 1.43. The Morgan fingerprint density at radius 2 is 1.77 bits per heavy atom. The highest BCUT2D eigenvalue weighted by Crippen LogP contribution is 2.14. The van der Waals surface area contributed by atoms with Crippen molar-refractivity contribution in [3.05, 3.63) is 59.7 Å². The normalized spacial score (nSPS) is 10.1. The molecule has 3 N–H and O–H groups in total. The molecule has 0 unspecified atom stereocenters. The molecule has 7 heteroatoms. The molecule has 0 fully saturated rings. The van der Waals surface area contributed by atoms with Crippen LogP contribution in [0.15, 0.2) is 48.5 Å². The Balaban J connectivity index is 1.87. The second-order valence-electron chi connectivity index (χ2n) is 5.89. The average molecular weight is 355 g/mol. The molecule has 0 bridgehead atoms. The molecule has 2 aromatic carbocycles. The van der Waals surface area contributed by atoms with Crippen molar-refractivity contribution in [3.8, 4) is 5.75 Å². The van der Waals surface area contributed by atoms with Crippen LogP contribution in [-0.4, -0.2) is 43.3 Å². The number of anilines is 1. The van der Waals surface area contributed by atoms with E-state index in [0.29, 0.717) is 23.4 Å². The van der Waals surface area contributed by atoms with Crippen LogP contribution in [-0.2, 0) is 16.0 Å². The minimum Gasteiger partial charge on any atom is -0.484 e. The zero-order valence-electron chi connectivity index (χ0n) is 14.7. The molecule has 0 aromatic heterocycles. The quantitative estimate of drug-likeness (QED) is 0.784. The molecule has 0 spiro atoms. The lowest BCUT2D eigenvalue weighted by Crippen LogP contribution is -2.23. The molecule has 2 rings (SSSR count). The molecule has 0 radical (unpaired) electrons. The number of likely N-dealkylation sites (N-methyl/N-ethyl adjacent to an activating group) is 1. The first-order valence-corrected chi connectivity index (χ1v) is 7.97. The molecular weight excluding hydrogens is 334 g/mol. The summed E-state index contributed by atoms with van der Waals surface area (Å²) in [7, 11) is 3.41. The minimum absolute atomic E-state index is 0.00776. The highest BCUT2D eigenvalue weighted by atomic mass is 16.5. The number of carbonyl (C=O) groups excluding carboxylic acids is 3. The van der Waals surface area contributed by atoms with Crippen molar-refractivity contribution < 1.29 is 19.1 Å². The van der Waals surface area contributed by atoms with E-state index in [1.807, 2.05) is 0 Å². The molecule has 0 aliphatic carbocycles. The van der Waals surface area contributed by atoms with Gasteiger partial charge < -0.3 is 20.7 Å². The maximum Gasteiger partial charge on any atom is 0.262 e. The van der Waals surface area contributed by atoms with Gasteiger partial charge in [-0.3, -0.25) is 14.4 Å². The van der Waals surface area contributed by atoms with Crippen LogP contribution in [0.5, 0.6) is 5.75 Å². The highest BCUT2D eigenvalue weighted by molar-refractivity contribution is 5.93. The van der Waals surface area contributed by atoms with Crippen LogP contribution in [0.3, 0.4) is 0 Å². The van der Waals surface area contributed by atoms with Gasteiger partial charge in [-0.1, -0.05) is 18.2 Å². The summed E-state index contributed by atoms with van der Waals surface area (Å²) < 4.78 is 5.36. The van der Waals surface area contributed by atoms with Crippen LogP contribution in [0.1, 0.15) is 15.9 Å². The molecule has 0 atom stereocenters. The monoisotopic (exact) mass is 355 g/mol. The lowest BCUT2D eigenvalue weighted by atomic mass is 10.1. The van der Waals surface area contributed by atoms with Gasteiger partial charge in [0.15, 0.2) is 6.61 Å². The molecule has 26 heavy (non-hydrogen) atoms. The third-order valence-corrected chi connectivity index (χ3v) is 3.58. The fourth-order valence-electron chi connectivity index (χ4n) is 2.12. The van der Waals surface area contributed by atoms with Crippen molar-refractivity contribution in [1.29, 1.82) is 0 Å². The topological polar surface area (TPSA) is 102 Å². The van der Waals surface area contributed by atoms with Gasteiger partial charge in [0.2, 0.25) is 11.8 Å². The van der Waals surface area contributed by atoms with Crippen LogP contribution in [0.2, 0.25) is 0 Å². The summed E-state index contributed by atoms with van der Waals surface area (Å²) in [4.78, 5) is 36.3. The number of nitrogens with two attached hydrogens (primary N) is 1. The van der Waals surface area contributed by atoms with Crippen molar-refractivity contribution in [2.24, 2.45) is 5.73 Å². The Labute approximate surface area is 151 Å². The molecule has 0 aliphatic heterocycles. The number of rotatable bonds is 7. The van der Waals surface area contributed by atoms with Gasteiger partial charge in [-0.15, -0.1) is 0 Å². The Morgan fingerprint density at radius 3 is 2.38 bits per heavy atom. The fourth-order valence-corrected chi connectivity index (χ4v) is 2.12. The Kier molecular flexibility index (Phi) is 6.32. The zero-order valence-corrected chi connectivity index (χ0v) is 14.7. The van der Waals surface area contributed by atoms with E-state index in [4.69, 9.17) is 10.5 Å². The molecule has 3 amide bonds. The number of nitrogens with one attached hydrogen (secondary N) is 1. The SMILES string of the molecule is CN(C)C(=O)Cc1ccc(NC(=O)COc2cccc(C(N)=O)c2)cc1. The summed E-state index contributed by atoms with van der Waals surface area (Å²) in [6.07, 6.45) is 0.306. The third kappa shape index (κ3) is 5.62. The number of ether oxygens (including phenoxy) is 1. The number of hydrogen-bond donors (Lipinski definition) is 2. The molecule has 0 aliphatic rings. The number of nitrogens with zero attached hydrogens (tertiary/aromatic N) is 1. The highest BCUT2D eigenvalue weighted by Gasteiger charge is 2.08. The predicted molar refractivity (Wildman–Crippen MR) is 97.9 cm³/mol. The molecule has 2 aromatic rings. The van der Waals surface area contributed by atoms with Crippen LogP contribution in [0.4, 0.5) is 5.69 Å². The zero-order chi connectivity index (χ0) is 19.1. The summed E-state index contributed by atoms with van der Waals surface area (Å²) in [5.41, 5.74) is 6.98. The lowest BCUT2D eigenvalue weighted by Gasteiger charge is -2.11. The van der Waals surface area contributed by atoms with Gasteiger partial charge in [0.05, 0.1) is 6.42 Å². The fraction of sp³-hybridized carbons (Fsp3) is 0.211. The molecule has 0 saturated heterocycles. The van der Waals surface area contributed by atoms with Crippen LogP contribution >= 0.6 is 0 Å². The second kappa shape index (κ2) is 8.66. The standard InChI is InChI=1S/C19H21N3O4/c1-22(2)18(24)10-13-6-8-15(9-7-13)21-17(23)12-26-16-5-3-4-14(11-16)19(20)25/h3-9,11H,10,12H2,1-2H3,(H2,20,25)(H,21,23). The van der Waals surface area contributed by atoms with Crippen LogP contribution in [0.25, 0.3) is 0 Å². The Bertz CT molecular complexity index is 801. The first-order chi connectivity index (χ1) is 12.3. The average Bonchev–Trinajstić information content (AvgIpc) is 2.61. The van der Waals surface area contributed by atoms with Gasteiger partial charge in [-0.05, 0) is 35.9 Å². The lowest BCUT2D eigenvalue weighted by molar-refractivity contribution is -0.128. The van der Waals surface area contributed by atoms with E-state index in [-0.39, 0.29) is 18.4 Å². The summed E-state index contributed by atoms with van der Waals surface area (Å²) in [5.74, 6) is -0.512. The third-order valence-electron chi connectivity index (χ3n) is 3.58. The van der Waals surface area contributed by atoms with E-state index < -0.39 is 5.91 Å². The number of hydrogen-bond acceptors (Lipinski definition) is 4. The first kappa shape index (κ1) is 19.0. The van der Waals surface area contributed by atoms with E-state index in [1.165, 1.54) is 11.0 Å². The van der Waals surface area contributed by atoms with Gasteiger partial charge in [0.1, 0.15) is 5.75 Å². The van der Waals surface area contributed by atoms with E-state index in [2.05, 4.69) is 5.32 Å². The molecular formula is C19H21N3O4.